The molecule has 1 saturated heterocycles. The van der Waals surface area contributed by atoms with Crippen LogP contribution in [0.5, 0.6) is 11.7 Å². The van der Waals surface area contributed by atoms with Crippen LogP contribution in [0.15, 0.2) is 28.8 Å². The van der Waals surface area contributed by atoms with E-state index in [2.05, 4.69) is 5.27 Å². The van der Waals surface area contributed by atoms with E-state index in [1.54, 1.807) is 36.3 Å². The molecule has 0 atom stereocenters. The standard InChI is InChI=1S/C16H19N3O5/c1-16(2)10-23-9-8-18(16)13-15(21)24-17-19(13)14(20)11-4-6-12(22-3)7-5-11/h4-7H,8-10H2,1-3H3. The molecule has 1 aromatic heterocycles. The Bertz CT molecular complexity index is 739. The van der Waals surface area contributed by atoms with Crippen molar-refractivity contribution in [3.05, 3.63) is 29.8 Å². The molecule has 1 fully saturated rings. The number of ether oxygens (including phenoxy) is 2. The summed E-state index contributed by atoms with van der Waals surface area (Å²) in [5.41, 5.74) is -0.0772. The Morgan fingerprint density at radius 2 is 2.08 bits per heavy atom. The summed E-state index contributed by atoms with van der Waals surface area (Å²) in [6.07, 6.45) is 0. The molecular weight excluding hydrogens is 314 g/mol. The molecular formula is C16H19N3O5. The maximum absolute atomic E-state index is 12.7. The van der Waals surface area contributed by atoms with Gasteiger partial charge in [-0.3, -0.25) is 0 Å². The number of carbonyl (C=O) groups is 1. The molecule has 2 heterocycles. The third-order valence-electron chi connectivity index (χ3n) is 4.02. The lowest BCUT2D eigenvalue weighted by molar-refractivity contribution is -0.634. The zero-order chi connectivity index (χ0) is 17.3. The fourth-order valence-corrected chi connectivity index (χ4v) is 2.71. The van der Waals surface area contributed by atoms with Crippen molar-refractivity contribution in [2.75, 3.05) is 31.8 Å². The highest BCUT2D eigenvalue weighted by Gasteiger charge is 2.42. The van der Waals surface area contributed by atoms with Crippen molar-refractivity contribution in [2.24, 2.45) is 0 Å². The highest BCUT2D eigenvalue weighted by atomic mass is 16.6. The molecule has 3 rings (SSSR count). The Kier molecular flexibility index (Phi) is 4.15. The van der Waals surface area contributed by atoms with E-state index in [-0.39, 0.29) is 5.82 Å². The molecule has 8 heteroatoms. The number of morpholine rings is 1. The molecule has 1 aliphatic rings. The van der Waals surface area contributed by atoms with Gasteiger partial charge in [-0.1, -0.05) is 0 Å². The van der Waals surface area contributed by atoms with Gasteiger partial charge in [0.15, 0.2) is 5.95 Å². The van der Waals surface area contributed by atoms with Crippen LogP contribution in [0.2, 0.25) is 0 Å². The normalized spacial score (nSPS) is 16.9. The van der Waals surface area contributed by atoms with Crippen LogP contribution in [0.1, 0.15) is 24.2 Å². The van der Waals surface area contributed by atoms with E-state index in [0.29, 0.717) is 31.1 Å². The number of anilines is 1. The zero-order valence-corrected chi connectivity index (χ0v) is 13.8. The van der Waals surface area contributed by atoms with Crippen LogP contribution in [-0.2, 0) is 4.74 Å². The van der Waals surface area contributed by atoms with Crippen LogP contribution in [-0.4, -0.2) is 43.6 Å². The summed E-state index contributed by atoms with van der Waals surface area (Å²) in [7, 11) is 1.55. The van der Waals surface area contributed by atoms with Gasteiger partial charge in [0.05, 0.1) is 25.9 Å². The first-order valence-corrected chi connectivity index (χ1v) is 7.57. The Hall–Kier alpha value is -2.61. The first kappa shape index (κ1) is 16.3. The van der Waals surface area contributed by atoms with Gasteiger partial charge in [0.1, 0.15) is 17.8 Å². The van der Waals surface area contributed by atoms with Gasteiger partial charge >= 0.3 is 11.7 Å². The lowest BCUT2D eigenvalue weighted by Crippen LogP contribution is -2.59. The molecule has 24 heavy (non-hydrogen) atoms. The van der Waals surface area contributed by atoms with Gasteiger partial charge in [-0.2, -0.15) is 0 Å². The molecule has 0 N–H and O–H groups in total. The molecule has 0 saturated carbocycles. The molecule has 0 bridgehead atoms. The molecule has 0 aliphatic carbocycles. The number of carbonyl (C=O) groups excluding carboxylic acids is 1. The lowest BCUT2D eigenvalue weighted by atomic mass is 10.0. The molecule has 0 spiro atoms. The second-order valence-electron chi connectivity index (χ2n) is 6.15. The number of hydrogen-bond donors (Lipinski definition) is 0. The van der Waals surface area contributed by atoms with Gasteiger partial charge in [0.25, 0.3) is 0 Å². The summed E-state index contributed by atoms with van der Waals surface area (Å²) in [6.45, 7) is 5.24. The summed E-state index contributed by atoms with van der Waals surface area (Å²) in [5, 5.41) is 15.8. The van der Waals surface area contributed by atoms with Gasteiger partial charge in [0, 0.05) is 0 Å². The average molecular weight is 333 g/mol. The van der Waals surface area contributed by atoms with E-state index >= 15 is 0 Å². The Morgan fingerprint density at radius 1 is 1.38 bits per heavy atom. The quantitative estimate of drug-likeness (QED) is 0.748. The van der Waals surface area contributed by atoms with Crippen molar-refractivity contribution in [1.29, 1.82) is 0 Å². The second-order valence-corrected chi connectivity index (χ2v) is 6.15. The SMILES string of the molecule is COc1ccc(C(=O)[n+]2noc([O-])c2N2CCOCC2(C)C)cc1. The summed E-state index contributed by atoms with van der Waals surface area (Å²) < 4.78 is 16.3. The van der Waals surface area contributed by atoms with E-state index in [9.17, 15) is 9.90 Å². The number of benzene rings is 1. The van der Waals surface area contributed by atoms with E-state index in [4.69, 9.17) is 14.0 Å². The van der Waals surface area contributed by atoms with Crippen molar-refractivity contribution in [2.45, 2.75) is 19.4 Å². The first-order chi connectivity index (χ1) is 11.4. The van der Waals surface area contributed by atoms with Crippen LogP contribution < -0.4 is 19.4 Å². The van der Waals surface area contributed by atoms with Crippen LogP contribution in [0.3, 0.4) is 0 Å². The lowest BCUT2D eigenvalue weighted by Gasteiger charge is -2.36. The Balaban J connectivity index is 1.98. The fraction of sp³-hybridized carbons (Fsp3) is 0.438. The van der Waals surface area contributed by atoms with E-state index in [0.717, 1.165) is 4.68 Å². The number of rotatable bonds is 3. The number of nitrogens with zero attached hydrogens (tertiary/aromatic N) is 3. The third kappa shape index (κ3) is 2.80. The maximum Gasteiger partial charge on any atom is 0.367 e. The van der Waals surface area contributed by atoms with Crippen LogP contribution >= 0.6 is 0 Å². The minimum Gasteiger partial charge on any atom is -0.538 e. The van der Waals surface area contributed by atoms with Gasteiger partial charge in [0.2, 0.25) is 0 Å². The van der Waals surface area contributed by atoms with Crippen molar-refractivity contribution in [3.8, 4) is 11.7 Å². The summed E-state index contributed by atoms with van der Waals surface area (Å²) in [6, 6.07) is 6.57. The molecule has 0 unspecified atom stereocenters. The second kappa shape index (κ2) is 6.12. The van der Waals surface area contributed by atoms with Crippen molar-refractivity contribution in [1.82, 2.24) is 5.27 Å². The van der Waals surface area contributed by atoms with Gasteiger partial charge in [-0.05, 0) is 48.1 Å². The van der Waals surface area contributed by atoms with E-state index in [1.165, 1.54) is 0 Å². The van der Waals surface area contributed by atoms with E-state index in [1.807, 2.05) is 13.8 Å². The highest BCUT2D eigenvalue weighted by Crippen LogP contribution is 2.29. The molecule has 128 valence electrons. The minimum absolute atomic E-state index is 0.115. The first-order valence-electron chi connectivity index (χ1n) is 7.57. The monoisotopic (exact) mass is 333 g/mol. The Labute approximate surface area is 139 Å². The molecule has 1 aromatic carbocycles. The number of methoxy groups -OCH3 is 1. The molecule has 0 radical (unpaired) electrons. The van der Waals surface area contributed by atoms with Crippen LogP contribution in [0, 0.1) is 0 Å². The van der Waals surface area contributed by atoms with Crippen molar-refractivity contribution in [3.63, 3.8) is 0 Å². The Morgan fingerprint density at radius 3 is 2.71 bits per heavy atom. The highest BCUT2D eigenvalue weighted by molar-refractivity contribution is 5.88. The van der Waals surface area contributed by atoms with Crippen molar-refractivity contribution >= 4 is 11.7 Å². The van der Waals surface area contributed by atoms with Gasteiger partial charge in [-0.25, -0.2) is 9.69 Å². The largest absolute Gasteiger partial charge is 0.538 e. The van der Waals surface area contributed by atoms with Gasteiger partial charge in [-0.15, -0.1) is 0 Å². The third-order valence-corrected chi connectivity index (χ3v) is 4.02. The molecule has 8 nitrogen and oxygen atoms in total. The molecule has 2 aromatic rings. The zero-order valence-electron chi connectivity index (χ0n) is 13.8. The molecule has 1 aliphatic heterocycles. The maximum atomic E-state index is 12.7. The van der Waals surface area contributed by atoms with Crippen molar-refractivity contribution < 1.29 is 28.6 Å². The topological polar surface area (TPSA) is 91.7 Å². The predicted octanol–water partition coefficient (Wildman–Crippen LogP) is 0.348. The van der Waals surface area contributed by atoms with E-state index < -0.39 is 17.4 Å². The average Bonchev–Trinajstić information content (AvgIpc) is 2.95. The summed E-state index contributed by atoms with van der Waals surface area (Å²) in [4.78, 5) is 14.5. The molecule has 0 amide bonds. The number of hydrogen-bond acceptors (Lipinski definition) is 7. The van der Waals surface area contributed by atoms with Crippen LogP contribution in [0.25, 0.3) is 0 Å². The minimum atomic E-state index is -0.646. The predicted molar refractivity (Wildman–Crippen MR) is 81.1 cm³/mol. The smallest absolute Gasteiger partial charge is 0.367 e. The number of aromatic nitrogens is 2. The summed E-state index contributed by atoms with van der Waals surface area (Å²) >= 11 is 0. The fourth-order valence-electron chi connectivity index (χ4n) is 2.71. The van der Waals surface area contributed by atoms with Gasteiger partial charge < -0.3 is 19.1 Å². The summed E-state index contributed by atoms with van der Waals surface area (Å²) in [5.74, 6) is -0.340. The van der Waals surface area contributed by atoms with Crippen LogP contribution in [0.4, 0.5) is 5.82 Å².